The summed E-state index contributed by atoms with van der Waals surface area (Å²) in [6, 6.07) is 8.29. The molecule has 0 saturated heterocycles. The van der Waals surface area contributed by atoms with Crippen LogP contribution in [0.3, 0.4) is 0 Å². The van der Waals surface area contributed by atoms with E-state index in [-0.39, 0.29) is 5.56 Å². The highest BCUT2D eigenvalue weighted by Gasteiger charge is 2.20. The Labute approximate surface area is 132 Å². The van der Waals surface area contributed by atoms with Gasteiger partial charge in [-0.25, -0.2) is 0 Å². The molecule has 0 bridgehead atoms. The van der Waals surface area contributed by atoms with Gasteiger partial charge in [0.15, 0.2) is 4.77 Å². The van der Waals surface area contributed by atoms with Crippen molar-refractivity contribution in [1.29, 1.82) is 0 Å². The molecule has 0 atom stereocenters. The molecule has 1 aromatic carbocycles. The summed E-state index contributed by atoms with van der Waals surface area (Å²) in [7, 11) is 0. The summed E-state index contributed by atoms with van der Waals surface area (Å²) in [4.78, 5) is 23.4. The summed E-state index contributed by atoms with van der Waals surface area (Å²) in [5.41, 5.74) is 4.13. The molecule has 0 saturated carbocycles. The predicted molar refractivity (Wildman–Crippen MR) is 88.4 cm³/mol. The summed E-state index contributed by atoms with van der Waals surface area (Å²) in [5, 5.41) is 1.25. The number of H-pyrrole nitrogens is 3. The van der Waals surface area contributed by atoms with Gasteiger partial charge in [-0.05, 0) is 23.8 Å². The molecule has 0 aliphatic carbocycles. The van der Waals surface area contributed by atoms with Gasteiger partial charge in [-0.3, -0.25) is 14.7 Å². The highest BCUT2D eigenvalue weighted by Crippen LogP contribution is 2.22. The van der Waals surface area contributed by atoms with Crippen LogP contribution in [0.15, 0.2) is 35.3 Å². The number of aromatic nitrogens is 3. The average molecular weight is 312 g/mol. The SMILES string of the molecule is O=c1[nH]c(=S)[nH]c2c1CN(Cc1c[nH]c3ccccc13)CC2. The van der Waals surface area contributed by atoms with E-state index in [2.05, 4.69) is 44.2 Å². The number of nitrogens with one attached hydrogen (secondary N) is 3. The highest BCUT2D eigenvalue weighted by atomic mass is 32.1. The smallest absolute Gasteiger partial charge is 0.256 e. The van der Waals surface area contributed by atoms with E-state index >= 15 is 0 Å². The molecule has 2 aromatic heterocycles. The van der Waals surface area contributed by atoms with Crippen molar-refractivity contribution in [2.24, 2.45) is 0 Å². The van der Waals surface area contributed by atoms with Gasteiger partial charge < -0.3 is 9.97 Å². The molecule has 4 rings (SSSR count). The zero-order valence-electron chi connectivity index (χ0n) is 12.0. The number of rotatable bonds is 2. The maximum absolute atomic E-state index is 12.1. The normalized spacial score (nSPS) is 15.1. The fraction of sp³-hybridized carbons (Fsp3) is 0.250. The fourth-order valence-corrected chi connectivity index (χ4v) is 3.37. The maximum atomic E-state index is 12.1. The number of hydrogen-bond donors (Lipinski definition) is 3. The van der Waals surface area contributed by atoms with Crippen LogP contribution in [0.4, 0.5) is 0 Å². The fourth-order valence-electron chi connectivity index (χ4n) is 3.15. The second kappa shape index (κ2) is 5.23. The molecule has 0 fully saturated rings. The van der Waals surface area contributed by atoms with E-state index < -0.39 is 0 Å². The molecule has 0 unspecified atom stereocenters. The van der Waals surface area contributed by atoms with Crippen molar-refractivity contribution in [3.05, 3.63) is 62.4 Å². The van der Waals surface area contributed by atoms with Gasteiger partial charge in [0.25, 0.3) is 5.56 Å². The van der Waals surface area contributed by atoms with Crippen LogP contribution in [0.25, 0.3) is 10.9 Å². The lowest BCUT2D eigenvalue weighted by molar-refractivity contribution is 0.242. The molecule has 0 amide bonds. The van der Waals surface area contributed by atoms with Crippen molar-refractivity contribution in [2.45, 2.75) is 19.5 Å². The van der Waals surface area contributed by atoms with Crippen LogP contribution in [0, 0.1) is 4.77 Å². The summed E-state index contributed by atoms with van der Waals surface area (Å²) >= 11 is 5.03. The van der Waals surface area contributed by atoms with Crippen molar-refractivity contribution < 1.29 is 0 Å². The van der Waals surface area contributed by atoms with Crippen LogP contribution in [0.5, 0.6) is 0 Å². The van der Waals surface area contributed by atoms with Crippen molar-refractivity contribution in [3.8, 4) is 0 Å². The van der Waals surface area contributed by atoms with Gasteiger partial charge in [-0.15, -0.1) is 0 Å². The minimum absolute atomic E-state index is 0.0672. The maximum Gasteiger partial charge on any atom is 0.256 e. The van der Waals surface area contributed by atoms with Gasteiger partial charge in [0.05, 0.1) is 5.56 Å². The lowest BCUT2D eigenvalue weighted by Gasteiger charge is -2.27. The van der Waals surface area contributed by atoms with Gasteiger partial charge in [-0.2, -0.15) is 0 Å². The molecule has 0 radical (unpaired) electrons. The molecule has 3 aromatic rings. The Kier molecular flexibility index (Phi) is 3.20. The quantitative estimate of drug-likeness (QED) is 0.637. The van der Waals surface area contributed by atoms with Crippen LogP contribution in [-0.2, 0) is 19.5 Å². The third-order valence-corrected chi connectivity index (χ3v) is 4.46. The van der Waals surface area contributed by atoms with Gasteiger partial charge in [0.1, 0.15) is 0 Å². The first kappa shape index (κ1) is 13.5. The van der Waals surface area contributed by atoms with Crippen LogP contribution in [-0.4, -0.2) is 26.4 Å². The highest BCUT2D eigenvalue weighted by molar-refractivity contribution is 7.71. The van der Waals surface area contributed by atoms with Crippen molar-refractivity contribution >= 4 is 23.1 Å². The van der Waals surface area contributed by atoms with Crippen molar-refractivity contribution in [1.82, 2.24) is 19.9 Å². The first-order valence-electron chi connectivity index (χ1n) is 7.32. The third-order valence-electron chi connectivity index (χ3n) is 4.26. The monoisotopic (exact) mass is 312 g/mol. The second-order valence-electron chi connectivity index (χ2n) is 5.69. The Hall–Kier alpha value is -2.18. The van der Waals surface area contributed by atoms with Crippen LogP contribution in [0.2, 0.25) is 0 Å². The molecule has 3 heterocycles. The summed E-state index contributed by atoms with van der Waals surface area (Å²) in [5.74, 6) is 0. The Morgan fingerprint density at radius 3 is 3.00 bits per heavy atom. The van der Waals surface area contributed by atoms with E-state index in [1.807, 2.05) is 6.07 Å². The van der Waals surface area contributed by atoms with E-state index in [1.54, 1.807) is 0 Å². The Morgan fingerprint density at radius 1 is 1.23 bits per heavy atom. The van der Waals surface area contributed by atoms with E-state index in [0.29, 0.717) is 11.3 Å². The molecular weight excluding hydrogens is 296 g/mol. The zero-order valence-corrected chi connectivity index (χ0v) is 12.8. The van der Waals surface area contributed by atoms with Gasteiger partial charge in [0.2, 0.25) is 0 Å². The predicted octanol–water partition coefficient (Wildman–Crippen LogP) is 2.47. The molecule has 6 heteroatoms. The van der Waals surface area contributed by atoms with Gasteiger partial charge in [0, 0.05) is 48.8 Å². The molecule has 112 valence electrons. The van der Waals surface area contributed by atoms with Crippen LogP contribution >= 0.6 is 12.2 Å². The number of fused-ring (bicyclic) bond motifs is 2. The third kappa shape index (κ3) is 2.30. The lowest BCUT2D eigenvalue weighted by Crippen LogP contribution is -2.35. The largest absolute Gasteiger partial charge is 0.361 e. The zero-order chi connectivity index (χ0) is 15.1. The minimum Gasteiger partial charge on any atom is -0.361 e. The topological polar surface area (TPSA) is 67.7 Å². The van der Waals surface area contributed by atoms with E-state index in [1.165, 1.54) is 10.9 Å². The molecule has 0 spiro atoms. The Bertz CT molecular complexity index is 952. The Balaban J connectivity index is 1.63. The van der Waals surface area contributed by atoms with Crippen LogP contribution in [0.1, 0.15) is 16.8 Å². The first-order chi connectivity index (χ1) is 10.7. The van der Waals surface area contributed by atoms with Gasteiger partial charge >= 0.3 is 0 Å². The second-order valence-corrected chi connectivity index (χ2v) is 6.09. The first-order valence-corrected chi connectivity index (χ1v) is 7.73. The van der Waals surface area contributed by atoms with Crippen molar-refractivity contribution in [2.75, 3.05) is 6.54 Å². The Morgan fingerprint density at radius 2 is 2.09 bits per heavy atom. The number of nitrogens with zero attached hydrogens (tertiary/aromatic N) is 1. The molecule has 1 aliphatic rings. The molecule has 5 nitrogen and oxygen atoms in total. The van der Waals surface area contributed by atoms with Crippen LogP contribution < -0.4 is 5.56 Å². The number of hydrogen-bond acceptors (Lipinski definition) is 3. The van der Waals surface area contributed by atoms with Gasteiger partial charge in [-0.1, -0.05) is 18.2 Å². The number of aromatic amines is 3. The summed E-state index contributed by atoms with van der Waals surface area (Å²) < 4.78 is 0.411. The molecule has 3 N–H and O–H groups in total. The van der Waals surface area contributed by atoms with Crippen molar-refractivity contribution in [3.63, 3.8) is 0 Å². The molecular formula is C16H16N4OS. The lowest BCUT2D eigenvalue weighted by atomic mass is 10.1. The molecule has 1 aliphatic heterocycles. The summed E-state index contributed by atoms with van der Waals surface area (Å²) in [6.45, 7) is 2.40. The minimum atomic E-state index is -0.0672. The molecule has 22 heavy (non-hydrogen) atoms. The number of para-hydroxylation sites is 1. The standard InChI is InChI=1S/C16H16N4OS/c21-15-12-9-20(6-5-14(12)18-16(22)19-15)8-10-7-17-13-4-2-1-3-11(10)13/h1-4,7,17H,5-6,8-9H2,(H2,18,19,21,22). The van der Waals surface area contributed by atoms with E-state index in [4.69, 9.17) is 12.2 Å². The average Bonchev–Trinajstić information content (AvgIpc) is 2.91. The number of benzene rings is 1. The van der Waals surface area contributed by atoms with E-state index in [9.17, 15) is 4.79 Å². The van der Waals surface area contributed by atoms with E-state index in [0.717, 1.165) is 36.3 Å². The summed E-state index contributed by atoms with van der Waals surface area (Å²) in [6.07, 6.45) is 2.88.